The molecule has 2 N–H and O–H groups in total. The van der Waals surface area contributed by atoms with Gasteiger partial charge in [-0.3, -0.25) is 0 Å². The van der Waals surface area contributed by atoms with Gasteiger partial charge in [0.05, 0.1) is 0 Å². The molecule has 0 aliphatic heterocycles. The number of rotatable bonds is 7. The van der Waals surface area contributed by atoms with Crippen molar-refractivity contribution in [2.45, 2.75) is 52.2 Å². The lowest BCUT2D eigenvalue weighted by molar-refractivity contribution is 0.128. The van der Waals surface area contributed by atoms with Crippen molar-refractivity contribution in [1.82, 2.24) is 9.97 Å². The Morgan fingerprint density at radius 3 is 2.63 bits per heavy atom. The molecule has 1 aliphatic carbocycles. The second-order valence-corrected chi connectivity index (χ2v) is 4.85. The molecule has 106 valence electrons. The third-order valence-electron chi connectivity index (χ3n) is 3.27. The smallest absolute Gasteiger partial charge is 0.158 e. The molecule has 0 spiro atoms. The fourth-order valence-corrected chi connectivity index (χ4v) is 2.38. The number of anilines is 2. The molecule has 1 saturated carbocycles. The normalized spacial score (nSPS) is 15.7. The fraction of sp³-hybridized carbons (Fsp3) is 0.714. The van der Waals surface area contributed by atoms with E-state index in [4.69, 9.17) is 4.74 Å². The Balaban J connectivity index is 2.07. The molecule has 0 atom stereocenters. The van der Waals surface area contributed by atoms with Gasteiger partial charge in [-0.2, -0.15) is 0 Å². The highest BCUT2D eigenvalue weighted by atomic mass is 16.5. The molecule has 0 radical (unpaired) electrons. The number of hydrogen-bond acceptors (Lipinski definition) is 5. The molecule has 1 aromatic heterocycles. The van der Waals surface area contributed by atoms with Crippen molar-refractivity contribution in [3.05, 3.63) is 11.9 Å². The van der Waals surface area contributed by atoms with Crippen molar-refractivity contribution in [2.24, 2.45) is 0 Å². The van der Waals surface area contributed by atoms with Crippen LogP contribution >= 0.6 is 0 Å². The summed E-state index contributed by atoms with van der Waals surface area (Å²) in [6.45, 7) is 6.05. The maximum Gasteiger partial charge on any atom is 0.158 e. The molecule has 0 saturated heterocycles. The first kappa shape index (κ1) is 14.1. The van der Waals surface area contributed by atoms with Gasteiger partial charge in [-0.25, -0.2) is 9.97 Å². The van der Waals surface area contributed by atoms with Crippen molar-refractivity contribution >= 4 is 11.6 Å². The quantitative estimate of drug-likeness (QED) is 0.793. The summed E-state index contributed by atoms with van der Waals surface area (Å²) < 4.78 is 5.40. The molecule has 2 rings (SSSR count). The van der Waals surface area contributed by atoms with Crippen LogP contribution in [-0.2, 0) is 11.3 Å². The molecule has 0 bridgehead atoms. The first-order valence-electron chi connectivity index (χ1n) is 7.28. The third kappa shape index (κ3) is 4.35. The predicted molar refractivity (Wildman–Crippen MR) is 77.4 cm³/mol. The minimum atomic E-state index is 0.467. The molecular weight excluding hydrogens is 240 g/mol. The second-order valence-electron chi connectivity index (χ2n) is 4.85. The van der Waals surface area contributed by atoms with Crippen molar-refractivity contribution < 1.29 is 4.74 Å². The van der Waals surface area contributed by atoms with E-state index in [9.17, 15) is 0 Å². The van der Waals surface area contributed by atoms with Gasteiger partial charge in [0.1, 0.15) is 18.2 Å². The van der Waals surface area contributed by atoms with Gasteiger partial charge in [-0.15, -0.1) is 0 Å². The first-order valence-corrected chi connectivity index (χ1v) is 7.28. The largest absolute Gasteiger partial charge is 0.374 e. The molecule has 1 aliphatic rings. The standard InChI is InChI=1S/C14H24N4O/c1-3-15-12-9-13(16-11-7-5-6-8-11)18-14(17-12)10-19-4-2/h9,11H,3-8,10H2,1-2H3,(H2,15,16,17,18). The van der Waals surface area contributed by atoms with Gasteiger partial charge in [0, 0.05) is 25.3 Å². The monoisotopic (exact) mass is 264 g/mol. The highest BCUT2D eigenvalue weighted by Gasteiger charge is 2.15. The summed E-state index contributed by atoms with van der Waals surface area (Å²) in [6, 6.07) is 2.54. The molecule has 1 aromatic rings. The number of nitrogens with one attached hydrogen (secondary N) is 2. The zero-order valence-electron chi connectivity index (χ0n) is 11.9. The highest BCUT2D eigenvalue weighted by molar-refractivity contribution is 5.48. The maximum atomic E-state index is 5.40. The van der Waals surface area contributed by atoms with Gasteiger partial charge in [0.2, 0.25) is 0 Å². The van der Waals surface area contributed by atoms with Gasteiger partial charge in [-0.05, 0) is 26.7 Å². The Morgan fingerprint density at radius 2 is 1.95 bits per heavy atom. The molecule has 0 amide bonds. The van der Waals surface area contributed by atoms with E-state index in [-0.39, 0.29) is 0 Å². The van der Waals surface area contributed by atoms with Crippen LogP contribution in [0.4, 0.5) is 11.6 Å². The Morgan fingerprint density at radius 1 is 1.21 bits per heavy atom. The van der Waals surface area contributed by atoms with E-state index in [0.717, 1.165) is 24.0 Å². The van der Waals surface area contributed by atoms with E-state index in [1.165, 1.54) is 25.7 Å². The number of aromatic nitrogens is 2. The van der Waals surface area contributed by atoms with Crippen molar-refractivity contribution in [3.63, 3.8) is 0 Å². The first-order chi connectivity index (χ1) is 9.31. The molecule has 0 aromatic carbocycles. The average molecular weight is 264 g/mol. The Hall–Kier alpha value is -1.36. The lowest BCUT2D eigenvalue weighted by atomic mass is 10.2. The molecule has 5 heteroatoms. The van der Waals surface area contributed by atoms with Crippen LogP contribution in [0.1, 0.15) is 45.4 Å². The summed E-state index contributed by atoms with van der Waals surface area (Å²) in [5, 5.41) is 6.75. The van der Waals surface area contributed by atoms with E-state index >= 15 is 0 Å². The average Bonchev–Trinajstić information content (AvgIpc) is 2.89. The lowest BCUT2D eigenvalue weighted by Crippen LogP contribution is -2.17. The number of hydrogen-bond donors (Lipinski definition) is 2. The van der Waals surface area contributed by atoms with Gasteiger partial charge in [0.15, 0.2) is 5.82 Å². The maximum absolute atomic E-state index is 5.40. The van der Waals surface area contributed by atoms with Gasteiger partial charge in [-0.1, -0.05) is 12.8 Å². The zero-order chi connectivity index (χ0) is 13.5. The summed E-state index contributed by atoms with van der Waals surface area (Å²) in [5.74, 6) is 2.51. The molecule has 19 heavy (non-hydrogen) atoms. The van der Waals surface area contributed by atoms with E-state index in [1.807, 2.05) is 13.0 Å². The van der Waals surface area contributed by atoms with E-state index in [2.05, 4.69) is 27.5 Å². The van der Waals surface area contributed by atoms with E-state index in [0.29, 0.717) is 19.3 Å². The number of ether oxygens (including phenoxy) is 1. The molecular formula is C14H24N4O. The Bertz CT molecular complexity index is 391. The lowest BCUT2D eigenvalue weighted by Gasteiger charge is -2.15. The topological polar surface area (TPSA) is 59.1 Å². The third-order valence-corrected chi connectivity index (χ3v) is 3.27. The summed E-state index contributed by atoms with van der Waals surface area (Å²) in [5.41, 5.74) is 0. The Kier molecular flexibility index (Phi) is 5.39. The van der Waals surface area contributed by atoms with E-state index in [1.54, 1.807) is 0 Å². The summed E-state index contributed by atoms with van der Waals surface area (Å²) in [7, 11) is 0. The van der Waals surface area contributed by atoms with Crippen LogP contribution in [0.15, 0.2) is 6.07 Å². The van der Waals surface area contributed by atoms with Crippen LogP contribution in [0, 0.1) is 0 Å². The predicted octanol–water partition coefficient (Wildman–Crippen LogP) is 2.80. The van der Waals surface area contributed by atoms with Crippen LogP contribution in [0.5, 0.6) is 0 Å². The second kappa shape index (κ2) is 7.28. The highest BCUT2D eigenvalue weighted by Crippen LogP contribution is 2.22. The van der Waals surface area contributed by atoms with Crippen LogP contribution in [0.25, 0.3) is 0 Å². The van der Waals surface area contributed by atoms with Gasteiger partial charge in [0.25, 0.3) is 0 Å². The van der Waals surface area contributed by atoms with Crippen molar-refractivity contribution in [1.29, 1.82) is 0 Å². The summed E-state index contributed by atoms with van der Waals surface area (Å²) >= 11 is 0. The van der Waals surface area contributed by atoms with Gasteiger partial charge >= 0.3 is 0 Å². The molecule has 1 heterocycles. The van der Waals surface area contributed by atoms with Crippen LogP contribution in [-0.4, -0.2) is 29.2 Å². The Labute approximate surface area is 115 Å². The molecule has 5 nitrogen and oxygen atoms in total. The van der Waals surface area contributed by atoms with Crippen molar-refractivity contribution in [3.8, 4) is 0 Å². The van der Waals surface area contributed by atoms with Crippen LogP contribution in [0.2, 0.25) is 0 Å². The van der Waals surface area contributed by atoms with Crippen molar-refractivity contribution in [2.75, 3.05) is 23.8 Å². The summed E-state index contributed by atoms with van der Waals surface area (Å²) in [4.78, 5) is 8.98. The summed E-state index contributed by atoms with van der Waals surface area (Å²) in [6.07, 6.45) is 5.10. The van der Waals surface area contributed by atoms with Crippen LogP contribution in [0.3, 0.4) is 0 Å². The fourth-order valence-electron chi connectivity index (χ4n) is 2.38. The van der Waals surface area contributed by atoms with E-state index < -0.39 is 0 Å². The molecule has 1 fully saturated rings. The minimum Gasteiger partial charge on any atom is -0.374 e. The minimum absolute atomic E-state index is 0.467. The van der Waals surface area contributed by atoms with Crippen LogP contribution < -0.4 is 10.6 Å². The number of nitrogens with zero attached hydrogens (tertiary/aromatic N) is 2. The molecule has 0 unspecified atom stereocenters. The van der Waals surface area contributed by atoms with Gasteiger partial charge < -0.3 is 15.4 Å². The zero-order valence-corrected chi connectivity index (χ0v) is 11.9. The SMILES string of the molecule is CCNc1cc(NC2CCCC2)nc(COCC)n1.